The molecule has 0 aliphatic carbocycles. The molecule has 2 atom stereocenters. The van der Waals surface area contributed by atoms with Crippen LogP contribution in [0.2, 0.25) is 0 Å². The maximum absolute atomic E-state index is 12.1. The molecule has 1 heterocycles. The Hall–Kier alpha value is -1.16. The fraction of sp³-hybridized carbons (Fsp3) is 0.714. The number of rotatable bonds is 4. The van der Waals surface area contributed by atoms with E-state index in [2.05, 4.69) is 6.58 Å². The van der Waals surface area contributed by atoms with Crippen molar-refractivity contribution in [2.45, 2.75) is 39.2 Å². The summed E-state index contributed by atoms with van der Waals surface area (Å²) < 4.78 is 10.6. The minimum atomic E-state index is -0.518. The maximum atomic E-state index is 12.1. The molecule has 0 aromatic heterocycles. The molecule has 0 saturated carbocycles. The molecule has 0 aromatic rings. The minimum Gasteiger partial charge on any atom is -0.460 e. The molecule has 1 saturated heterocycles. The number of ketones is 1. The van der Waals surface area contributed by atoms with Crippen LogP contribution in [0, 0.1) is 11.8 Å². The maximum Gasteiger partial charge on any atom is 0.307 e. The van der Waals surface area contributed by atoms with Crippen molar-refractivity contribution in [3.05, 3.63) is 12.7 Å². The monoisotopic (exact) mass is 254 g/mol. The van der Waals surface area contributed by atoms with E-state index >= 15 is 0 Å². The second kappa shape index (κ2) is 6.14. The molecule has 0 amide bonds. The highest BCUT2D eigenvalue weighted by Crippen LogP contribution is 2.22. The summed E-state index contributed by atoms with van der Waals surface area (Å²) in [6.07, 6.45) is 2.41. The Labute approximate surface area is 108 Å². The van der Waals surface area contributed by atoms with Crippen molar-refractivity contribution >= 4 is 11.8 Å². The van der Waals surface area contributed by atoms with E-state index in [9.17, 15) is 9.59 Å². The van der Waals surface area contributed by atoms with Gasteiger partial charge in [0, 0.05) is 5.92 Å². The van der Waals surface area contributed by atoms with Crippen LogP contribution in [0.25, 0.3) is 0 Å². The fourth-order valence-electron chi connectivity index (χ4n) is 1.98. The summed E-state index contributed by atoms with van der Waals surface area (Å²) in [5.74, 6) is -0.794. The Bertz CT molecular complexity index is 327. The van der Waals surface area contributed by atoms with Crippen LogP contribution in [0.3, 0.4) is 0 Å². The van der Waals surface area contributed by atoms with E-state index in [1.807, 2.05) is 20.8 Å². The highest BCUT2D eigenvalue weighted by atomic mass is 16.6. The average molecular weight is 254 g/mol. The van der Waals surface area contributed by atoms with Crippen molar-refractivity contribution < 1.29 is 19.1 Å². The molecule has 0 aromatic carbocycles. The van der Waals surface area contributed by atoms with Crippen LogP contribution in [-0.2, 0) is 19.1 Å². The van der Waals surface area contributed by atoms with Crippen LogP contribution in [0.1, 0.15) is 33.6 Å². The van der Waals surface area contributed by atoms with Gasteiger partial charge < -0.3 is 9.47 Å². The molecule has 0 N–H and O–H groups in total. The summed E-state index contributed by atoms with van der Waals surface area (Å²) in [5, 5.41) is 0. The molecule has 1 aliphatic heterocycles. The SMILES string of the molecule is C=CCC1COCC(CC(=O)OC(C)(C)C)C1=O. The first-order valence-corrected chi connectivity index (χ1v) is 6.27. The Morgan fingerprint density at radius 1 is 1.44 bits per heavy atom. The number of esters is 1. The number of allylic oxidation sites excluding steroid dienone is 1. The topological polar surface area (TPSA) is 52.6 Å². The lowest BCUT2D eigenvalue weighted by molar-refractivity contribution is -0.160. The largest absolute Gasteiger partial charge is 0.460 e. The van der Waals surface area contributed by atoms with Crippen molar-refractivity contribution in [2.75, 3.05) is 13.2 Å². The third-order valence-electron chi connectivity index (χ3n) is 2.73. The van der Waals surface area contributed by atoms with Gasteiger partial charge in [-0.1, -0.05) is 6.08 Å². The lowest BCUT2D eigenvalue weighted by Crippen LogP contribution is -2.38. The number of ether oxygens (including phenoxy) is 2. The molecule has 102 valence electrons. The van der Waals surface area contributed by atoms with Crippen LogP contribution in [-0.4, -0.2) is 30.6 Å². The molecule has 1 fully saturated rings. The molecule has 4 nitrogen and oxygen atoms in total. The van der Waals surface area contributed by atoms with Crippen molar-refractivity contribution in [3.8, 4) is 0 Å². The second-order valence-electron chi connectivity index (χ2n) is 5.65. The van der Waals surface area contributed by atoms with Crippen LogP contribution in [0.5, 0.6) is 0 Å². The van der Waals surface area contributed by atoms with Crippen molar-refractivity contribution in [2.24, 2.45) is 11.8 Å². The summed E-state index contributed by atoms with van der Waals surface area (Å²) in [6, 6.07) is 0. The summed E-state index contributed by atoms with van der Waals surface area (Å²) in [5.41, 5.74) is -0.518. The summed E-state index contributed by atoms with van der Waals surface area (Å²) in [4.78, 5) is 23.8. The minimum absolute atomic E-state index is 0.0898. The van der Waals surface area contributed by atoms with Crippen molar-refractivity contribution in [3.63, 3.8) is 0 Å². The Morgan fingerprint density at radius 2 is 2.06 bits per heavy atom. The van der Waals surface area contributed by atoms with E-state index in [-0.39, 0.29) is 30.0 Å². The Morgan fingerprint density at radius 3 is 2.61 bits per heavy atom. The standard InChI is InChI=1S/C14H22O4/c1-5-6-10-8-17-9-11(13(10)16)7-12(15)18-14(2,3)4/h5,10-11H,1,6-9H2,2-4H3. The third-order valence-corrected chi connectivity index (χ3v) is 2.73. The molecule has 18 heavy (non-hydrogen) atoms. The number of carbonyl (C=O) groups is 2. The van der Waals surface area contributed by atoms with Gasteiger partial charge in [0.2, 0.25) is 0 Å². The van der Waals surface area contributed by atoms with Gasteiger partial charge >= 0.3 is 5.97 Å². The van der Waals surface area contributed by atoms with E-state index in [0.717, 1.165) is 0 Å². The summed E-state index contributed by atoms with van der Waals surface area (Å²) in [7, 11) is 0. The smallest absolute Gasteiger partial charge is 0.307 e. The second-order valence-corrected chi connectivity index (χ2v) is 5.65. The van der Waals surface area contributed by atoms with Gasteiger partial charge in [-0.15, -0.1) is 6.58 Å². The highest BCUT2D eigenvalue weighted by Gasteiger charge is 2.33. The zero-order chi connectivity index (χ0) is 13.8. The molecule has 4 heteroatoms. The van der Waals surface area contributed by atoms with Gasteiger partial charge in [0.1, 0.15) is 11.4 Å². The van der Waals surface area contributed by atoms with Gasteiger partial charge in [-0.3, -0.25) is 9.59 Å². The van der Waals surface area contributed by atoms with Crippen LogP contribution in [0.15, 0.2) is 12.7 Å². The van der Waals surface area contributed by atoms with Gasteiger partial charge in [0.05, 0.1) is 25.6 Å². The van der Waals surface area contributed by atoms with E-state index in [1.165, 1.54) is 0 Å². The number of hydrogen-bond acceptors (Lipinski definition) is 4. The predicted octanol–water partition coefficient (Wildman–Crippen LogP) is 2.13. The molecule has 0 bridgehead atoms. The summed E-state index contributed by atoms with van der Waals surface area (Å²) >= 11 is 0. The molecule has 1 rings (SSSR count). The number of Topliss-reactive ketones (excluding diaryl/α,β-unsaturated/α-hetero) is 1. The van der Waals surface area contributed by atoms with Gasteiger partial charge in [-0.25, -0.2) is 0 Å². The summed E-state index contributed by atoms with van der Waals surface area (Å²) in [6.45, 7) is 9.79. The normalized spacial score (nSPS) is 24.7. The van der Waals surface area contributed by atoms with Gasteiger partial charge in [-0.05, 0) is 27.2 Å². The predicted molar refractivity (Wildman–Crippen MR) is 68.1 cm³/mol. The Kier molecular flexibility index (Phi) is 5.08. The lowest BCUT2D eigenvalue weighted by atomic mass is 9.87. The van der Waals surface area contributed by atoms with Crippen LogP contribution >= 0.6 is 0 Å². The van der Waals surface area contributed by atoms with E-state index in [0.29, 0.717) is 19.6 Å². The molecule has 2 unspecified atom stereocenters. The molecule has 0 spiro atoms. The van der Waals surface area contributed by atoms with Crippen LogP contribution < -0.4 is 0 Å². The highest BCUT2D eigenvalue weighted by molar-refractivity contribution is 5.88. The Balaban J connectivity index is 2.53. The fourth-order valence-corrected chi connectivity index (χ4v) is 1.98. The van der Waals surface area contributed by atoms with E-state index < -0.39 is 5.60 Å². The molecular weight excluding hydrogens is 232 g/mol. The molecular formula is C14H22O4. The average Bonchev–Trinajstić information content (AvgIpc) is 2.21. The van der Waals surface area contributed by atoms with E-state index in [1.54, 1.807) is 6.08 Å². The first-order valence-electron chi connectivity index (χ1n) is 6.27. The molecule has 0 radical (unpaired) electrons. The number of hydrogen-bond donors (Lipinski definition) is 0. The number of carbonyl (C=O) groups excluding carboxylic acids is 2. The van der Waals surface area contributed by atoms with Gasteiger partial charge in [-0.2, -0.15) is 0 Å². The lowest BCUT2D eigenvalue weighted by Gasteiger charge is -2.28. The van der Waals surface area contributed by atoms with Crippen molar-refractivity contribution in [1.29, 1.82) is 0 Å². The van der Waals surface area contributed by atoms with Crippen molar-refractivity contribution in [1.82, 2.24) is 0 Å². The zero-order valence-electron chi connectivity index (χ0n) is 11.4. The first kappa shape index (κ1) is 14.9. The third kappa shape index (κ3) is 4.61. The van der Waals surface area contributed by atoms with E-state index in [4.69, 9.17) is 9.47 Å². The van der Waals surface area contributed by atoms with Gasteiger partial charge in [0.15, 0.2) is 0 Å². The van der Waals surface area contributed by atoms with Crippen LogP contribution in [0.4, 0.5) is 0 Å². The zero-order valence-corrected chi connectivity index (χ0v) is 11.4. The quantitative estimate of drug-likeness (QED) is 0.569. The van der Waals surface area contributed by atoms with Gasteiger partial charge in [0.25, 0.3) is 0 Å². The first-order chi connectivity index (χ1) is 8.33. The molecule has 1 aliphatic rings.